The minimum atomic E-state index is -0.890. The number of carbonyl (C=O) groups excluding carboxylic acids is 2. The number of anilines is 1. The number of nitrogens with one attached hydrogen (secondary N) is 1. The van der Waals surface area contributed by atoms with Gasteiger partial charge in [-0.3, -0.25) is 9.59 Å². The lowest BCUT2D eigenvalue weighted by atomic mass is 9.74. The molecule has 2 atom stereocenters. The molecule has 0 unspecified atom stereocenters. The molecule has 6 rings (SSSR count). The molecule has 3 aromatic heterocycles. The van der Waals surface area contributed by atoms with E-state index in [1.54, 1.807) is 11.1 Å². The van der Waals surface area contributed by atoms with Gasteiger partial charge in [0.25, 0.3) is 5.91 Å². The second-order valence-electron chi connectivity index (χ2n) is 8.49. The summed E-state index contributed by atoms with van der Waals surface area (Å²) in [5.41, 5.74) is 2.73. The first-order chi connectivity index (χ1) is 15.5. The smallest absolute Gasteiger partial charge is 0.275 e. The van der Waals surface area contributed by atoms with Crippen molar-refractivity contribution in [2.24, 2.45) is 7.05 Å². The minimum Gasteiger partial charge on any atom is -0.336 e. The highest BCUT2D eigenvalue weighted by molar-refractivity contribution is 6.08. The van der Waals surface area contributed by atoms with E-state index in [0.717, 1.165) is 22.6 Å². The van der Waals surface area contributed by atoms with Crippen LogP contribution in [0, 0.1) is 6.92 Å². The summed E-state index contributed by atoms with van der Waals surface area (Å²) in [7, 11) is 1.89. The predicted molar refractivity (Wildman–Crippen MR) is 118 cm³/mol. The van der Waals surface area contributed by atoms with Gasteiger partial charge in [-0.2, -0.15) is 0 Å². The average Bonchev–Trinajstić information content (AvgIpc) is 3.54. The molecule has 1 saturated heterocycles. The summed E-state index contributed by atoms with van der Waals surface area (Å²) in [4.78, 5) is 38.3. The van der Waals surface area contributed by atoms with E-state index < -0.39 is 11.5 Å². The highest BCUT2D eigenvalue weighted by Crippen LogP contribution is 2.54. The van der Waals surface area contributed by atoms with Crippen LogP contribution in [0.15, 0.2) is 61.1 Å². The maximum atomic E-state index is 13.9. The molecule has 0 saturated carbocycles. The van der Waals surface area contributed by atoms with Gasteiger partial charge >= 0.3 is 0 Å². The number of aromatic nitrogens is 4. The summed E-state index contributed by atoms with van der Waals surface area (Å²) in [6, 6.07) is 12.9. The monoisotopic (exact) mass is 426 g/mol. The molecule has 2 aliphatic heterocycles. The van der Waals surface area contributed by atoms with Crippen LogP contribution >= 0.6 is 0 Å². The van der Waals surface area contributed by atoms with Crippen LogP contribution in [0.1, 0.15) is 40.0 Å². The number of pyridine rings is 1. The van der Waals surface area contributed by atoms with Crippen molar-refractivity contribution in [3.63, 3.8) is 0 Å². The molecule has 0 aliphatic carbocycles. The summed E-state index contributed by atoms with van der Waals surface area (Å²) in [5, 5.41) is 3.04. The second kappa shape index (κ2) is 6.53. The van der Waals surface area contributed by atoms with Crippen LogP contribution in [0.4, 0.5) is 5.69 Å². The van der Waals surface area contributed by atoms with Crippen molar-refractivity contribution in [1.82, 2.24) is 23.8 Å². The number of aryl methyl sites for hydroxylation is 2. The Kier molecular flexibility index (Phi) is 3.83. The zero-order valence-electron chi connectivity index (χ0n) is 17.8. The fourth-order valence-corrected chi connectivity index (χ4v) is 5.36. The number of benzene rings is 1. The Balaban J connectivity index is 1.53. The van der Waals surface area contributed by atoms with Crippen molar-refractivity contribution < 1.29 is 9.59 Å². The second-order valence-corrected chi connectivity index (χ2v) is 8.49. The Morgan fingerprint density at radius 1 is 1.16 bits per heavy atom. The van der Waals surface area contributed by atoms with E-state index in [9.17, 15) is 9.59 Å². The van der Waals surface area contributed by atoms with E-state index in [0.29, 0.717) is 24.5 Å². The van der Waals surface area contributed by atoms with Gasteiger partial charge in [0, 0.05) is 37.9 Å². The zero-order chi connectivity index (χ0) is 22.0. The van der Waals surface area contributed by atoms with Crippen molar-refractivity contribution in [2.45, 2.75) is 24.8 Å². The third-order valence-electron chi connectivity index (χ3n) is 6.92. The van der Waals surface area contributed by atoms with Crippen molar-refractivity contribution in [2.75, 3.05) is 11.9 Å². The first kappa shape index (κ1) is 18.8. The summed E-state index contributed by atoms with van der Waals surface area (Å²) in [6.45, 7) is 2.33. The number of fused-ring (bicyclic) bond motifs is 3. The first-order valence-electron chi connectivity index (χ1n) is 10.6. The highest BCUT2D eigenvalue weighted by atomic mass is 16.2. The summed E-state index contributed by atoms with van der Waals surface area (Å²) in [5.74, 6) is 0.408. The van der Waals surface area contributed by atoms with E-state index >= 15 is 0 Å². The molecule has 32 heavy (non-hydrogen) atoms. The maximum absolute atomic E-state index is 13.9. The zero-order valence-corrected chi connectivity index (χ0v) is 17.8. The molecular weight excluding hydrogens is 404 g/mol. The van der Waals surface area contributed by atoms with Crippen molar-refractivity contribution in [1.29, 1.82) is 0 Å². The normalized spacial score (nSPS) is 22.0. The van der Waals surface area contributed by atoms with Gasteiger partial charge in [-0.05, 0) is 37.1 Å². The molecule has 1 N–H and O–H groups in total. The van der Waals surface area contributed by atoms with Gasteiger partial charge in [-0.1, -0.05) is 24.3 Å². The van der Waals surface area contributed by atoms with Crippen LogP contribution in [0.25, 0.3) is 5.65 Å². The van der Waals surface area contributed by atoms with Gasteiger partial charge < -0.3 is 19.2 Å². The van der Waals surface area contributed by atoms with E-state index in [-0.39, 0.29) is 11.8 Å². The molecule has 0 radical (unpaired) electrons. The minimum absolute atomic E-state index is 0.0891. The Hall–Kier alpha value is -3.94. The molecule has 160 valence electrons. The predicted octanol–water partition coefficient (Wildman–Crippen LogP) is 2.85. The van der Waals surface area contributed by atoms with Crippen LogP contribution in [-0.4, -0.2) is 42.2 Å². The van der Waals surface area contributed by atoms with Gasteiger partial charge in [-0.15, -0.1) is 0 Å². The highest BCUT2D eigenvalue weighted by Gasteiger charge is 2.60. The van der Waals surface area contributed by atoms with Gasteiger partial charge in [0.2, 0.25) is 5.91 Å². The number of rotatable bonds is 2. The number of likely N-dealkylation sites (tertiary alicyclic amines) is 1. The number of imidazole rings is 2. The van der Waals surface area contributed by atoms with Gasteiger partial charge in [0.1, 0.15) is 28.6 Å². The number of nitrogens with zero attached hydrogens (tertiary/aromatic N) is 5. The molecule has 1 spiro atoms. The molecule has 1 aromatic carbocycles. The van der Waals surface area contributed by atoms with Gasteiger partial charge in [-0.25, -0.2) is 9.97 Å². The molecule has 0 bridgehead atoms. The summed E-state index contributed by atoms with van der Waals surface area (Å²) < 4.78 is 3.80. The van der Waals surface area contributed by atoms with Crippen LogP contribution in [0.2, 0.25) is 0 Å². The Morgan fingerprint density at radius 2 is 1.97 bits per heavy atom. The summed E-state index contributed by atoms with van der Waals surface area (Å²) in [6.07, 6.45) is 5.97. The lowest BCUT2D eigenvalue weighted by Crippen LogP contribution is -2.44. The Bertz CT molecular complexity index is 1400. The number of amides is 2. The van der Waals surface area contributed by atoms with Gasteiger partial charge in [0.15, 0.2) is 0 Å². The fourth-order valence-electron chi connectivity index (χ4n) is 5.36. The van der Waals surface area contributed by atoms with Crippen molar-refractivity contribution in [3.8, 4) is 0 Å². The molecule has 2 aliphatic rings. The lowest BCUT2D eigenvalue weighted by Gasteiger charge is -2.33. The van der Waals surface area contributed by atoms with Crippen LogP contribution in [-0.2, 0) is 17.3 Å². The molecule has 5 heterocycles. The largest absolute Gasteiger partial charge is 0.336 e. The quantitative estimate of drug-likeness (QED) is 0.534. The SMILES string of the molecule is Cc1c(C(=O)N2CC[C@]3(C(=O)Nc4ccccc43)[C@@H]2c2nccn2C)nc2ccccn12. The number of carbonyl (C=O) groups is 2. The third-order valence-corrected chi connectivity index (χ3v) is 6.92. The average molecular weight is 426 g/mol. The number of para-hydroxylation sites is 1. The van der Waals surface area contributed by atoms with E-state index in [1.165, 1.54) is 0 Å². The van der Waals surface area contributed by atoms with Crippen LogP contribution < -0.4 is 5.32 Å². The third kappa shape index (κ3) is 2.32. The Morgan fingerprint density at radius 3 is 2.75 bits per heavy atom. The van der Waals surface area contributed by atoms with Crippen molar-refractivity contribution in [3.05, 3.63) is 83.8 Å². The topological polar surface area (TPSA) is 84.5 Å². The van der Waals surface area contributed by atoms with Crippen LogP contribution in [0.3, 0.4) is 0 Å². The molecule has 4 aromatic rings. The lowest BCUT2D eigenvalue weighted by molar-refractivity contribution is -0.121. The Labute approximate surface area is 184 Å². The van der Waals surface area contributed by atoms with E-state index in [2.05, 4.69) is 15.3 Å². The van der Waals surface area contributed by atoms with Crippen LogP contribution in [0.5, 0.6) is 0 Å². The molecule has 8 nitrogen and oxygen atoms in total. The number of hydrogen-bond donors (Lipinski definition) is 1. The number of hydrogen-bond acceptors (Lipinski definition) is 4. The summed E-state index contributed by atoms with van der Waals surface area (Å²) >= 11 is 0. The molecule has 2 amide bonds. The fraction of sp³-hybridized carbons (Fsp3) is 0.250. The first-order valence-corrected chi connectivity index (χ1v) is 10.6. The standard InChI is InChI=1S/C24H22N6O2/c1-15-19(27-18-9-5-6-12-29(15)18)22(31)30-13-10-24(20(30)21-25-11-14-28(21)2)16-7-3-4-8-17(16)26-23(24)32/h3-9,11-12,14,20H,10,13H2,1-2H3,(H,26,32)/t20-,24+/m0/s1. The van der Waals surface area contributed by atoms with E-state index in [1.807, 2.05) is 77.8 Å². The molecule has 8 heteroatoms. The van der Waals surface area contributed by atoms with E-state index in [4.69, 9.17) is 0 Å². The van der Waals surface area contributed by atoms with Crippen molar-refractivity contribution >= 4 is 23.1 Å². The van der Waals surface area contributed by atoms with Gasteiger partial charge in [0.05, 0.1) is 5.69 Å². The molecule has 1 fully saturated rings. The molecular formula is C24H22N6O2. The maximum Gasteiger partial charge on any atom is 0.275 e.